The quantitative estimate of drug-likeness (QED) is 0.613. The Morgan fingerprint density at radius 2 is 1.97 bits per heavy atom. The Bertz CT molecular complexity index is 945. The number of aliphatic hydroxyl groups is 1. The van der Waals surface area contributed by atoms with Gasteiger partial charge in [-0.05, 0) is 58.4 Å². The molecule has 1 aromatic heterocycles. The lowest BCUT2D eigenvalue weighted by Gasteiger charge is -2.29. The van der Waals surface area contributed by atoms with Gasteiger partial charge in [0.1, 0.15) is 22.9 Å². The third-order valence-electron chi connectivity index (χ3n) is 5.80. The second-order valence-corrected chi connectivity index (χ2v) is 9.70. The highest BCUT2D eigenvalue weighted by Gasteiger charge is 2.29. The molecular formula is C23H32ClFN2O4. The summed E-state index contributed by atoms with van der Waals surface area (Å²) in [7, 11) is 1.68. The van der Waals surface area contributed by atoms with Gasteiger partial charge in [0.05, 0.1) is 16.7 Å². The van der Waals surface area contributed by atoms with E-state index >= 15 is 4.39 Å². The predicted octanol–water partition coefficient (Wildman–Crippen LogP) is 4.92. The lowest BCUT2D eigenvalue weighted by molar-refractivity contribution is -0.118. The van der Waals surface area contributed by atoms with Gasteiger partial charge in [0.15, 0.2) is 5.82 Å². The number of rotatable bonds is 8. The van der Waals surface area contributed by atoms with Crippen molar-refractivity contribution in [3.05, 3.63) is 22.5 Å². The molecule has 1 fully saturated rings. The first-order chi connectivity index (χ1) is 14.5. The standard InChI is InChI=1S/C23H32ClFN2O4/c1-13(10-14(2)28)12-30-15-6-8-16(9-7-15)31-22-26-20-18(24)11-17(23(3,4)29)19(25)21(20)27(22)5/h11,13,15-16,29H,6-10,12H2,1-5H3/t13-,15?,16?/m1/s1. The van der Waals surface area contributed by atoms with E-state index in [-0.39, 0.29) is 40.0 Å². The molecule has 1 N–H and O–H groups in total. The van der Waals surface area contributed by atoms with Crippen LogP contribution in [0.3, 0.4) is 0 Å². The Labute approximate surface area is 187 Å². The molecule has 1 aliphatic rings. The average Bonchev–Trinajstić information content (AvgIpc) is 3.00. The van der Waals surface area contributed by atoms with Crippen LogP contribution in [0.15, 0.2) is 6.07 Å². The Morgan fingerprint density at radius 1 is 1.35 bits per heavy atom. The largest absolute Gasteiger partial charge is 0.461 e. The van der Waals surface area contributed by atoms with Gasteiger partial charge in [0.25, 0.3) is 6.01 Å². The molecule has 0 saturated heterocycles. The minimum Gasteiger partial charge on any atom is -0.461 e. The number of hydrogen-bond donors (Lipinski definition) is 1. The molecule has 1 saturated carbocycles. The minimum atomic E-state index is -1.37. The molecular weight excluding hydrogens is 423 g/mol. The number of carbonyl (C=O) groups is 1. The molecule has 1 heterocycles. The van der Waals surface area contributed by atoms with Crippen molar-refractivity contribution in [1.82, 2.24) is 9.55 Å². The molecule has 8 heteroatoms. The van der Waals surface area contributed by atoms with Crippen molar-refractivity contribution in [2.75, 3.05) is 6.61 Å². The van der Waals surface area contributed by atoms with E-state index in [1.807, 2.05) is 6.92 Å². The summed E-state index contributed by atoms with van der Waals surface area (Å²) in [6.07, 6.45) is 4.00. The predicted molar refractivity (Wildman–Crippen MR) is 118 cm³/mol. The van der Waals surface area contributed by atoms with Crippen LogP contribution in [0.4, 0.5) is 4.39 Å². The lowest BCUT2D eigenvalue weighted by Crippen LogP contribution is -2.30. The van der Waals surface area contributed by atoms with Gasteiger partial charge in [-0.25, -0.2) is 4.39 Å². The molecule has 1 aliphatic carbocycles. The molecule has 0 unspecified atom stereocenters. The van der Waals surface area contributed by atoms with Crippen LogP contribution in [-0.2, 0) is 22.2 Å². The summed E-state index contributed by atoms with van der Waals surface area (Å²) in [6.45, 7) is 7.24. The smallest absolute Gasteiger partial charge is 0.297 e. The van der Waals surface area contributed by atoms with Gasteiger partial charge in [-0.1, -0.05) is 18.5 Å². The number of carbonyl (C=O) groups excluding carboxylic acids is 1. The summed E-state index contributed by atoms with van der Waals surface area (Å²) < 4.78 is 28.7. The van der Waals surface area contributed by atoms with Crippen molar-refractivity contribution < 1.29 is 23.8 Å². The zero-order valence-corrected chi connectivity index (χ0v) is 19.6. The number of nitrogens with zero attached hydrogens (tertiary/aromatic N) is 2. The molecule has 1 aromatic carbocycles. The second-order valence-electron chi connectivity index (χ2n) is 9.29. The molecule has 1 atom stereocenters. The van der Waals surface area contributed by atoms with Crippen molar-refractivity contribution >= 4 is 28.4 Å². The fourth-order valence-corrected chi connectivity index (χ4v) is 4.39. The molecule has 3 rings (SSSR count). The number of fused-ring (bicyclic) bond motifs is 1. The van der Waals surface area contributed by atoms with Crippen LogP contribution in [-0.4, -0.2) is 39.3 Å². The number of aryl methyl sites for hydroxylation is 1. The first-order valence-electron chi connectivity index (χ1n) is 10.8. The van der Waals surface area contributed by atoms with Crippen molar-refractivity contribution in [3.8, 4) is 6.01 Å². The Kier molecular flexibility index (Phi) is 7.28. The summed E-state index contributed by atoms with van der Waals surface area (Å²) in [5, 5.41) is 10.5. The highest BCUT2D eigenvalue weighted by atomic mass is 35.5. The Hall–Kier alpha value is -1.70. The van der Waals surface area contributed by atoms with Gasteiger partial charge >= 0.3 is 0 Å². The van der Waals surface area contributed by atoms with Gasteiger partial charge in [-0.15, -0.1) is 0 Å². The van der Waals surface area contributed by atoms with E-state index in [1.54, 1.807) is 18.5 Å². The summed E-state index contributed by atoms with van der Waals surface area (Å²) >= 11 is 6.33. The van der Waals surface area contributed by atoms with E-state index < -0.39 is 11.4 Å². The zero-order valence-electron chi connectivity index (χ0n) is 18.9. The van der Waals surface area contributed by atoms with Crippen LogP contribution in [0.1, 0.15) is 65.4 Å². The van der Waals surface area contributed by atoms with Crippen LogP contribution in [0.5, 0.6) is 6.01 Å². The normalized spacial score (nSPS) is 20.8. The van der Waals surface area contributed by atoms with E-state index in [1.165, 1.54) is 19.9 Å². The van der Waals surface area contributed by atoms with E-state index in [0.29, 0.717) is 24.6 Å². The SMILES string of the molecule is CC(=O)C[C@@H](C)COC1CCC(Oc2nc3c(Cl)cc(C(C)(C)O)c(F)c3n2C)CC1. The summed E-state index contributed by atoms with van der Waals surface area (Å²) in [6, 6.07) is 1.73. The molecule has 6 nitrogen and oxygen atoms in total. The number of hydrogen-bond acceptors (Lipinski definition) is 5. The highest BCUT2D eigenvalue weighted by Crippen LogP contribution is 2.36. The van der Waals surface area contributed by atoms with Crippen molar-refractivity contribution in [3.63, 3.8) is 0 Å². The molecule has 0 radical (unpaired) electrons. The number of imidazole rings is 1. The number of Topliss-reactive ketones (excluding diaryl/α,β-unsaturated/α-hetero) is 1. The van der Waals surface area contributed by atoms with Crippen molar-refractivity contribution in [2.45, 2.75) is 77.6 Å². The first-order valence-corrected chi connectivity index (χ1v) is 11.2. The molecule has 2 aromatic rings. The van der Waals surface area contributed by atoms with Crippen LogP contribution in [0.2, 0.25) is 5.02 Å². The first kappa shape index (κ1) is 24.0. The lowest BCUT2D eigenvalue weighted by atomic mass is 9.95. The van der Waals surface area contributed by atoms with Crippen LogP contribution in [0.25, 0.3) is 11.0 Å². The molecule has 0 amide bonds. The summed E-state index contributed by atoms with van der Waals surface area (Å²) in [5.74, 6) is -0.143. The Balaban J connectivity index is 1.66. The monoisotopic (exact) mass is 454 g/mol. The highest BCUT2D eigenvalue weighted by molar-refractivity contribution is 6.35. The van der Waals surface area contributed by atoms with Crippen LogP contribution < -0.4 is 4.74 Å². The summed E-state index contributed by atoms with van der Waals surface area (Å²) in [4.78, 5) is 15.6. The average molecular weight is 455 g/mol. The van der Waals surface area contributed by atoms with Gasteiger partial charge in [-0.2, -0.15) is 4.98 Å². The molecule has 31 heavy (non-hydrogen) atoms. The third-order valence-corrected chi connectivity index (χ3v) is 6.09. The maximum atomic E-state index is 15.1. The fourth-order valence-electron chi connectivity index (χ4n) is 4.15. The zero-order chi connectivity index (χ0) is 22.9. The van der Waals surface area contributed by atoms with Gasteiger partial charge in [-0.3, -0.25) is 4.57 Å². The number of ether oxygens (including phenoxy) is 2. The fraction of sp³-hybridized carbons (Fsp3) is 0.652. The van der Waals surface area contributed by atoms with Crippen LogP contribution >= 0.6 is 11.6 Å². The van der Waals surface area contributed by atoms with Gasteiger partial charge in [0.2, 0.25) is 0 Å². The topological polar surface area (TPSA) is 73.6 Å². The second kappa shape index (κ2) is 9.43. The van der Waals surface area contributed by atoms with Crippen LogP contribution in [0, 0.1) is 11.7 Å². The van der Waals surface area contributed by atoms with E-state index in [0.717, 1.165) is 25.7 Å². The van der Waals surface area contributed by atoms with E-state index in [4.69, 9.17) is 21.1 Å². The third kappa shape index (κ3) is 5.57. The number of ketones is 1. The molecule has 0 aliphatic heterocycles. The summed E-state index contributed by atoms with van der Waals surface area (Å²) in [5.41, 5.74) is -0.707. The maximum absolute atomic E-state index is 15.1. The Morgan fingerprint density at radius 3 is 2.55 bits per heavy atom. The minimum absolute atomic E-state index is 0.0411. The van der Waals surface area contributed by atoms with Crippen molar-refractivity contribution in [1.29, 1.82) is 0 Å². The molecule has 0 spiro atoms. The number of halogens is 2. The number of aromatic nitrogens is 2. The van der Waals surface area contributed by atoms with Gasteiger partial charge < -0.3 is 19.4 Å². The van der Waals surface area contributed by atoms with Crippen molar-refractivity contribution in [2.24, 2.45) is 13.0 Å². The van der Waals surface area contributed by atoms with E-state index in [9.17, 15) is 9.90 Å². The molecule has 0 bridgehead atoms. The number of benzene rings is 1. The van der Waals surface area contributed by atoms with E-state index in [2.05, 4.69) is 4.98 Å². The molecule has 172 valence electrons. The maximum Gasteiger partial charge on any atom is 0.297 e. The van der Waals surface area contributed by atoms with Gasteiger partial charge in [0, 0.05) is 25.6 Å².